The van der Waals surface area contributed by atoms with Gasteiger partial charge in [0.15, 0.2) is 0 Å². The summed E-state index contributed by atoms with van der Waals surface area (Å²) in [4.78, 5) is 11.2. The Morgan fingerprint density at radius 1 is 1.24 bits per heavy atom. The Morgan fingerprint density at radius 3 is 2.48 bits per heavy atom. The van der Waals surface area contributed by atoms with Gasteiger partial charge in [-0.1, -0.05) is 37.2 Å². The lowest BCUT2D eigenvalue weighted by Gasteiger charge is -2.42. The van der Waals surface area contributed by atoms with Crippen molar-refractivity contribution in [2.45, 2.75) is 44.5 Å². The molecule has 1 aliphatic heterocycles. The van der Waals surface area contributed by atoms with Crippen molar-refractivity contribution in [1.29, 1.82) is 0 Å². The molecule has 0 amide bonds. The summed E-state index contributed by atoms with van der Waals surface area (Å²) < 4.78 is 6.00. The van der Waals surface area contributed by atoms with E-state index in [-0.39, 0.29) is 6.10 Å². The maximum absolute atomic E-state index is 6.00. The second-order valence-corrected chi connectivity index (χ2v) is 6.54. The molecule has 4 heteroatoms. The van der Waals surface area contributed by atoms with Crippen LogP contribution in [0.1, 0.15) is 38.2 Å². The number of ether oxygens (including phenoxy) is 1. The largest absolute Gasteiger partial charge is 0.344 e. The summed E-state index contributed by atoms with van der Waals surface area (Å²) in [7, 11) is 0. The normalized spacial score (nSPS) is 33.0. The van der Waals surface area contributed by atoms with Crippen LogP contribution < -0.4 is 0 Å². The maximum atomic E-state index is 6.00. The summed E-state index contributed by atoms with van der Waals surface area (Å²) in [6.45, 7) is 6.84. The SMILES string of the molecule is C=C(c1ccc(Cl)cc1)C1COC2(CCC(C)CC2)OO1. The minimum Gasteiger partial charge on any atom is -0.344 e. The molecule has 1 atom stereocenters. The number of benzene rings is 1. The fourth-order valence-electron chi connectivity index (χ4n) is 2.86. The van der Waals surface area contributed by atoms with Gasteiger partial charge in [-0.05, 0) is 42.0 Å². The lowest BCUT2D eigenvalue weighted by molar-refractivity contribution is -0.484. The van der Waals surface area contributed by atoms with E-state index in [2.05, 4.69) is 13.5 Å². The van der Waals surface area contributed by atoms with Crippen molar-refractivity contribution in [3.8, 4) is 0 Å². The van der Waals surface area contributed by atoms with Gasteiger partial charge in [-0.25, -0.2) is 9.78 Å². The first-order valence-electron chi connectivity index (χ1n) is 7.51. The highest BCUT2D eigenvalue weighted by Gasteiger charge is 2.42. The first-order valence-corrected chi connectivity index (χ1v) is 7.89. The predicted molar refractivity (Wildman–Crippen MR) is 82.8 cm³/mol. The summed E-state index contributed by atoms with van der Waals surface area (Å²) >= 11 is 5.90. The molecule has 1 aromatic rings. The minimum atomic E-state index is -0.538. The van der Waals surface area contributed by atoms with Gasteiger partial charge in [-0.15, -0.1) is 0 Å². The fraction of sp³-hybridized carbons (Fsp3) is 0.529. The number of halogens is 1. The van der Waals surface area contributed by atoms with Gasteiger partial charge in [-0.2, -0.15) is 0 Å². The van der Waals surface area contributed by atoms with Crippen molar-refractivity contribution in [3.05, 3.63) is 41.4 Å². The van der Waals surface area contributed by atoms with Crippen molar-refractivity contribution in [1.82, 2.24) is 0 Å². The van der Waals surface area contributed by atoms with E-state index in [4.69, 9.17) is 26.1 Å². The Labute approximate surface area is 130 Å². The number of hydrogen-bond donors (Lipinski definition) is 0. The lowest BCUT2D eigenvalue weighted by atomic mass is 9.86. The van der Waals surface area contributed by atoms with Crippen molar-refractivity contribution in [2.24, 2.45) is 5.92 Å². The van der Waals surface area contributed by atoms with Crippen molar-refractivity contribution in [3.63, 3.8) is 0 Å². The second-order valence-electron chi connectivity index (χ2n) is 6.10. The van der Waals surface area contributed by atoms with Crippen LogP contribution in [0.5, 0.6) is 0 Å². The Hall–Kier alpha value is -0.870. The molecule has 2 fully saturated rings. The average molecular weight is 309 g/mol. The van der Waals surface area contributed by atoms with Crippen LogP contribution in [-0.4, -0.2) is 18.5 Å². The molecule has 3 rings (SSSR count). The first kappa shape index (κ1) is 15.0. The highest BCUT2D eigenvalue weighted by Crippen LogP contribution is 2.39. The molecule has 1 unspecified atom stereocenters. The Kier molecular flexibility index (Phi) is 4.36. The summed E-state index contributed by atoms with van der Waals surface area (Å²) in [5.74, 6) is 0.202. The number of rotatable bonds is 2. The second kappa shape index (κ2) is 6.09. The predicted octanol–water partition coefficient (Wildman–Crippen LogP) is 4.61. The third-order valence-electron chi connectivity index (χ3n) is 4.45. The Morgan fingerprint density at radius 2 is 1.90 bits per heavy atom. The molecule has 1 aromatic carbocycles. The molecule has 0 bridgehead atoms. The molecule has 114 valence electrons. The molecular weight excluding hydrogens is 288 g/mol. The molecule has 2 aliphatic rings. The zero-order valence-corrected chi connectivity index (χ0v) is 13.1. The van der Waals surface area contributed by atoms with Crippen molar-refractivity contribution in [2.75, 3.05) is 6.61 Å². The molecule has 1 spiro atoms. The number of hydrogen-bond acceptors (Lipinski definition) is 3. The van der Waals surface area contributed by atoms with Gasteiger partial charge in [0.25, 0.3) is 0 Å². The molecule has 1 heterocycles. The van der Waals surface area contributed by atoms with Crippen LogP contribution in [0.3, 0.4) is 0 Å². The van der Waals surface area contributed by atoms with Crippen molar-refractivity contribution < 1.29 is 14.5 Å². The van der Waals surface area contributed by atoms with Crippen molar-refractivity contribution >= 4 is 17.2 Å². The molecule has 1 aliphatic carbocycles. The van der Waals surface area contributed by atoms with Crippen LogP contribution in [-0.2, 0) is 14.5 Å². The highest BCUT2D eigenvalue weighted by atomic mass is 35.5. The monoisotopic (exact) mass is 308 g/mol. The molecule has 0 radical (unpaired) electrons. The third kappa shape index (κ3) is 3.32. The van der Waals surface area contributed by atoms with Gasteiger partial charge in [0.05, 0.1) is 6.61 Å². The van der Waals surface area contributed by atoms with Crippen LogP contribution in [0.15, 0.2) is 30.8 Å². The van der Waals surface area contributed by atoms with Crippen LogP contribution in [0, 0.1) is 5.92 Å². The van der Waals surface area contributed by atoms with Gasteiger partial charge < -0.3 is 4.74 Å². The van der Waals surface area contributed by atoms with E-state index in [1.54, 1.807) is 0 Å². The quantitative estimate of drug-likeness (QED) is 0.747. The van der Waals surface area contributed by atoms with E-state index in [1.165, 1.54) is 0 Å². The lowest BCUT2D eigenvalue weighted by Crippen LogP contribution is -2.47. The zero-order valence-electron chi connectivity index (χ0n) is 12.3. The molecule has 0 N–H and O–H groups in total. The molecular formula is C17H21ClO3. The van der Waals surface area contributed by atoms with Crippen LogP contribution in [0.4, 0.5) is 0 Å². The van der Waals surface area contributed by atoms with Gasteiger partial charge in [0, 0.05) is 17.9 Å². The zero-order chi connectivity index (χ0) is 14.9. The molecule has 1 saturated heterocycles. The topological polar surface area (TPSA) is 27.7 Å². The van der Waals surface area contributed by atoms with Gasteiger partial charge >= 0.3 is 0 Å². The first-order chi connectivity index (χ1) is 10.1. The maximum Gasteiger partial charge on any atom is 0.201 e. The van der Waals surface area contributed by atoms with Gasteiger partial charge in [-0.3, -0.25) is 0 Å². The van der Waals surface area contributed by atoms with E-state index in [0.29, 0.717) is 11.6 Å². The van der Waals surface area contributed by atoms with E-state index in [9.17, 15) is 0 Å². The molecule has 0 aromatic heterocycles. The average Bonchev–Trinajstić information content (AvgIpc) is 2.51. The van der Waals surface area contributed by atoms with E-state index < -0.39 is 5.79 Å². The fourth-order valence-corrected chi connectivity index (χ4v) is 2.99. The third-order valence-corrected chi connectivity index (χ3v) is 4.71. The molecule has 1 saturated carbocycles. The standard InChI is InChI=1S/C17H21ClO3/c1-12-7-9-17(10-8-12)19-11-16(20-21-17)13(2)14-3-5-15(18)6-4-14/h3-6,12,16H,2,7-11H2,1H3. The van der Waals surface area contributed by atoms with Crippen LogP contribution >= 0.6 is 11.6 Å². The smallest absolute Gasteiger partial charge is 0.201 e. The van der Waals surface area contributed by atoms with Crippen LogP contribution in [0.2, 0.25) is 5.02 Å². The Bertz CT molecular complexity index is 493. The summed E-state index contributed by atoms with van der Waals surface area (Å²) in [6, 6.07) is 7.55. The van der Waals surface area contributed by atoms with E-state index in [1.807, 2.05) is 24.3 Å². The Balaban J connectivity index is 1.60. The van der Waals surface area contributed by atoms with E-state index >= 15 is 0 Å². The van der Waals surface area contributed by atoms with Gasteiger partial charge in [0.2, 0.25) is 5.79 Å². The van der Waals surface area contributed by atoms with E-state index in [0.717, 1.165) is 42.7 Å². The summed E-state index contributed by atoms with van der Waals surface area (Å²) in [5.41, 5.74) is 1.84. The minimum absolute atomic E-state index is 0.267. The molecule has 3 nitrogen and oxygen atoms in total. The highest BCUT2D eigenvalue weighted by molar-refractivity contribution is 6.30. The summed E-state index contributed by atoms with van der Waals surface area (Å²) in [5, 5.41) is 0.707. The van der Waals surface area contributed by atoms with Gasteiger partial charge in [0.1, 0.15) is 6.10 Å². The molecule has 21 heavy (non-hydrogen) atoms. The van der Waals surface area contributed by atoms with Crippen LogP contribution in [0.25, 0.3) is 5.57 Å². The summed E-state index contributed by atoms with van der Waals surface area (Å²) in [6.07, 6.45) is 3.76.